The molecule has 1 aromatic carbocycles. The minimum Gasteiger partial charge on any atom is -0.395 e. The van der Waals surface area contributed by atoms with Gasteiger partial charge in [-0.15, -0.1) is 0 Å². The summed E-state index contributed by atoms with van der Waals surface area (Å²) >= 11 is 0. The zero-order chi connectivity index (χ0) is 13.9. The van der Waals surface area contributed by atoms with Gasteiger partial charge >= 0.3 is 5.69 Å². The van der Waals surface area contributed by atoms with Gasteiger partial charge in [-0.25, -0.2) is 4.39 Å². The first-order valence-electron chi connectivity index (χ1n) is 4.88. The molecule has 0 aliphatic heterocycles. The molecule has 1 amide bonds. The third kappa shape index (κ3) is 2.59. The van der Waals surface area contributed by atoms with Crippen molar-refractivity contribution in [3.05, 3.63) is 39.4 Å². The van der Waals surface area contributed by atoms with Crippen LogP contribution in [0.25, 0.3) is 0 Å². The highest BCUT2D eigenvalue weighted by molar-refractivity contribution is 5.95. The van der Waals surface area contributed by atoms with Crippen LogP contribution in [0, 0.1) is 21.7 Å². The maximum Gasteiger partial charge on any atom is 0.305 e. The maximum atomic E-state index is 13.6. The Morgan fingerprint density at radius 3 is 2.61 bits per heavy atom. The summed E-state index contributed by atoms with van der Waals surface area (Å²) in [6, 6.07) is 1.30. The van der Waals surface area contributed by atoms with Crippen molar-refractivity contribution in [1.29, 1.82) is 0 Å². The molecule has 0 bridgehead atoms. The molecule has 1 N–H and O–H groups in total. The minimum atomic E-state index is -1.52. The predicted molar refractivity (Wildman–Crippen MR) is 57.1 cm³/mol. The number of nitro groups is 1. The lowest BCUT2D eigenvalue weighted by molar-refractivity contribution is -0.387. The quantitative estimate of drug-likeness (QED) is 0.645. The van der Waals surface area contributed by atoms with Gasteiger partial charge in [0.2, 0.25) is 5.82 Å². The summed E-state index contributed by atoms with van der Waals surface area (Å²) in [7, 11) is 1.22. The first kappa shape index (κ1) is 14.0. The van der Waals surface area contributed by atoms with Crippen LogP contribution in [0.15, 0.2) is 12.1 Å². The molecule has 0 atom stereocenters. The Morgan fingerprint density at radius 2 is 2.11 bits per heavy atom. The number of hydrogen-bond acceptors (Lipinski definition) is 4. The number of halogens is 2. The van der Waals surface area contributed by atoms with E-state index < -0.39 is 33.7 Å². The fourth-order valence-electron chi connectivity index (χ4n) is 1.32. The van der Waals surface area contributed by atoms with Crippen LogP contribution in [0.5, 0.6) is 0 Å². The first-order chi connectivity index (χ1) is 8.40. The molecule has 0 aromatic heterocycles. The first-order valence-corrected chi connectivity index (χ1v) is 4.88. The number of nitrogens with zero attached hydrogens (tertiary/aromatic N) is 2. The molecule has 98 valence electrons. The Kier molecular flexibility index (Phi) is 4.27. The van der Waals surface area contributed by atoms with Crippen molar-refractivity contribution < 1.29 is 23.6 Å². The van der Waals surface area contributed by atoms with Crippen molar-refractivity contribution in [3.8, 4) is 0 Å². The zero-order valence-electron chi connectivity index (χ0n) is 9.39. The van der Waals surface area contributed by atoms with E-state index in [1.54, 1.807) is 0 Å². The SMILES string of the molecule is CN(CCO)C(=O)c1c(F)ccc([N+](=O)[O-])c1F. The van der Waals surface area contributed by atoms with E-state index in [2.05, 4.69) is 0 Å². The van der Waals surface area contributed by atoms with Gasteiger partial charge in [-0.05, 0) is 6.07 Å². The molecule has 0 unspecified atom stereocenters. The lowest BCUT2D eigenvalue weighted by atomic mass is 10.1. The summed E-state index contributed by atoms with van der Waals surface area (Å²) in [5.74, 6) is -3.77. The zero-order valence-corrected chi connectivity index (χ0v) is 9.39. The van der Waals surface area contributed by atoms with E-state index in [0.717, 1.165) is 4.90 Å². The minimum absolute atomic E-state index is 0.138. The normalized spacial score (nSPS) is 10.2. The molecule has 1 rings (SSSR count). The number of aliphatic hydroxyl groups excluding tert-OH is 1. The van der Waals surface area contributed by atoms with Crippen molar-refractivity contribution in [2.45, 2.75) is 0 Å². The van der Waals surface area contributed by atoms with Crippen LogP contribution in [0.2, 0.25) is 0 Å². The second kappa shape index (κ2) is 5.50. The number of rotatable bonds is 4. The highest BCUT2D eigenvalue weighted by Crippen LogP contribution is 2.23. The van der Waals surface area contributed by atoms with Gasteiger partial charge in [0.15, 0.2) is 0 Å². The van der Waals surface area contributed by atoms with Crippen molar-refractivity contribution in [2.75, 3.05) is 20.2 Å². The van der Waals surface area contributed by atoms with E-state index in [4.69, 9.17) is 5.11 Å². The average Bonchev–Trinajstić information content (AvgIpc) is 2.28. The Balaban J connectivity index is 3.27. The molecule has 0 fully saturated rings. The van der Waals surface area contributed by atoms with Crippen LogP contribution in [0.4, 0.5) is 14.5 Å². The third-order valence-corrected chi connectivity index (χ3v) is 2.26. The lowest BCUT2D eigenvalue weighted by Gasteiger charge is -2.16. The highest BCUT2D eigenvalue weighted by atomic mass is 19.1. The molecule has 0 spiro atoms. The molecule has 0 aliphatic carbocycles. The van der Waals surface area contributed by atoms with E-state index >= 15 is 0 Å². The summed E-state index contributed by atoms with van der Waals surface area (Å²) in [5, 5.41) is 19.1. The van der Waals surface area contributed by atoms with Crippen molar-refractivity contribution in [1.82, 2.24) is 4.90 Å². The number of hydrogen-bond donors (Lipinski definition) is 1. The molecule has 0 saturated heterocycles. The Bertz CT molecular complexity index is 493. The predicted octanol–water partition coefficient (Wildman–Crippen LogP) is 0.937. The van der Waals surface area contributed by atoms with Gasteiger partial charge in [-0.2, -0.15) is 4.39 Å². The summed E-state index contributed by atoms with van der Waals surface area (Å²) in [4.78, 5) is 22.0. The van der Waals surface area contributed by atoms with Gasteiger partial charge in [0.05, 0.1) is 11.5 Å². The molecule has 6 nitrogen and oxygen atoms in total. The second-order valence-electron chi connectivity index (χ2n) is 3.46. The van der Waals surface area contributed by atoms with Crippen molar-refractivity contribution in [2.24, 2.45) is 0 Å². The molecule has 0 heterocycles. The van der Waals surface area contributed by atoms with Crippen LogP contribution in [-0.2, 0) is 0 Å². The summed E-state index contributed by atoms with van der Waals surface area (Å²) in [6.45, 7) is -0.527. The largest absolute Gasteiger partial charge is 0.395 e. The third-order valence-electron chi connectivity index (χ3n) is 2.26. The van der Waals surface area contributed by atoms with Gasteiger partial charge in [-0.1, -0.05) is 0 Å². The van der Waals surface area contributed by atoms with Crippen LogP contribution in [0.1, 0.15) is 10.4 Å². The van der Waals surface area contributed by atoms with E-state index in [1.807, 2.05) is 0 Å². The van der Waals surface area contributed by atoms with Gasteiger partial charge < -0.3 is 10.0 Å². The smallest absolute Gasteiger partial charge is 0.305 e. The number of benzene rings is 1. The maximum absolute atomic E-state index is 13.6. The fraction of sp³-hybridized carbons (Fsp3) is 0.300. The monoisotopic (exact) mass is 260 g/mol. The Labute approximate surface area is 101 Å². The van der Waals surface area contributed by atoms with Crippen LogP contribution >= 0.6 is 0 Å². The van der Waals surface area contributed by atoms with Crippen molar-refractivity contribution >= 4 is 11.6 Å². The fourth-order valence-corrected chi connectivity index (χ4v) is 1.32. The van der Waals surface area contributed by atoms with Gasteiger partial charge in [0.25, 0.3) is 5.91 Å². The van der Waals surface area contributed by atoms with E-state index in [-0.39, 0.29) is 13.2 Å². The lowest BCUT2D eigenvalue weighted by Crippen LogP contribution is -2.31. The standard InChI is InChI=1S/C10H10F2N2O4/c1-13(4-5-15)10(16)8-6(11)2-3-7(9(8)12)14(17)18/h2-3,15H,4-5H2,1H3. The number of aliphatic hydroxyl groups is 1. The van der Waals surface area contributed by atoms with E-state index in [0.29, 0.717) is 12.1 Å². The van der Waals surface area contributed by atoms with Gasteiger partial charge in [0.1, 0.15) is 11.4 Å². The molecule has 8 heteroatoms. The molecular weight excluding hydrogens is 250 g/mol. The molecule has 0 radical (unpaired) electrons. The average molecular weight is 260 g/mol. The van der Waals surface area contributed by atoms with Crippen LogP contribution in [0.3, 0.4) is 0 Å². The highest BCUT2D eigenvalue weighted by Gasteiger charge is 2.27. The van der Waals surface area contributed by atoms with Crippen molar-refractivity contribution in [3.63, 3.8) is 0 Å². The molecular formula is C10H10F2N2O4. The molecule has 18 heavy (non-hydrogen) atoms. The van der Waals surface area contributed by atoms with Crippen LogP contribution in [-0.4, -0.2) is 41.0 Å². The summed E-state index contributed by atoms with van der Waals surface area (Å²) in [6.07, 6.45) is 0. The number of amides is 1. The van der Waals surface area contributed by atoms with Crippen LogP contribution < -0.4 is 0 Å². The number of carbonyl (C=O) groups excluding carboxylic acids is 1. The topological polar surface area (TPSA) is 83.7 Å². The number of carbonyl (C=O) groups is 1. The number of likely N-dealkylation sites (N-methyl/N-ethyl adjacent to an activating group) is 1. The van der Waals surface area contributed by atoms with E-state index in [1.165, 1.54) is 7.05 Å². The molecule has 0 aliphatic rings. The summed E-state index contributed by atoms with van der Waals surface area (Å²) in [5.41, 5.74) is -1.97. The Hall–Kier alpha value is -2.09. The molecule has 0 saturated carbocycles. The van der Waals surface area contributed by atoms with Gasteiger partial charge in [0, 0.05) is 19.7 Å². The second-order valence-corrected chi connectivity index (χ2v) is 3.46. The van der Waals surface area contributed by atoms with E-state index in [9.17, 15) is 23.7 Å². The number of nitro benzene ring substituents is 1. The Morgan fingerprint density at radius 1 is 1.50 bits per heavy atom. The molecule has 1 aromatic rings. The van der Waals surface area contributed by atoms with Gasteiger partial charge in [-0.3, -0.25) is 14.9 Å². The summed E-state index contributed by atoms with van der Waals surface area (Å²) < 4.78 is 27.0.